The number of halogens is 2. The summed E-state index contributed by atoms with van der Waals surface area (Å²) >= 11 is 1.56. The Kier molecular flexibility index (Phi) is 6.99. The number of para-hydroxylation sites is 1. The van der Waals surface area contributed by atoms with Gasteiger partial charge in [0.25, 0.3) is 5.91 Å². The molecule has 148 valence electrons. The van der Waals surface area contributed by atoms with Crippen molar-refractivity contribution >= 4 is 41.0 Å². The minimum atomic E-state index is -0.255. The second-order valence-electron chi connectivity index (χ2n) is 6.67. The SMILES string of the molecule is Cl.O=C(NC1CCCNC1)c1oc2ccccc2c1CSc1ccc(F)cc1. The van der Waals surface area contributed by atoms with E-state index >= 15 is 0 Å². The van der Waals surface area contributed by atoms with Gasteiger partial charge in [-0.05, 0) is 49.7 Å². The van der Waals surface area contributed by atoms with Crippen molar-refractivity contribution in [3.8, 4) is 0 Å². The molecule has 1 saturated heterocycles. The zero-order valence-electron chi connectivity index (χ0n) is 15.2. The van der Waals surface area contributed by atoms with Crippen LogP contribution < -0.4 is 10.6 Å². The quantitative estimate of drug-likeness (QED) is 0.584. The van der Waals surface area contributed by atoms with Gasteiger partial charge in [-0.2, -0.15) is 0 Å². The van der Waals surface area contributed by atoms with E-state index in [-0.39, 0.29) is 30.2 Å². The van der Waals surface area contributed by atoms with Crippen molar-refractivity contribution in [2.75, 3.05) is 13.1 Å². The van der Waals surface area contributed by atoms with Crippen LogP contribution in [-0.4, -0.2) is 25.0 Å². The van der Waals surface area contributed by atoms with Crippen LogP contribution >= 0.6 is 24.2 Å². The van der Waals surface area contributed by atoms with Crippen molar-refractivity contribution in [3.63, 3.8) is 0 Å². The molecule has 7 heteroatoms. The van der Waals surface area contributed by atoms with Crippen molar-refractivity contribution in [1.82, 2.24) is 10.6 Å². The Balaban J connectivity index is 0.00000225. The summed E-state index contributed by atoms with van der Waals surface area (Å²) in [5.41, 5.74) is 1.58. The number of piperidine rings is 1. The number of hydrogen-bond donors (Lipinski definition) is 2. The first-order valence-corrected chi connectivity index (χ1v) is 10.1. The maximum atomic E-state index is 13.1. The lowest BCUT2D eigenvalue weighted by Crippen LogP contribution is -2.45. The summed E-state index contributed by atoms with van der Waals surface area (Å²) < 4.78 is 19.0. The number of amides is 1. The van der Waals surface area contributed by atoms with Crippen LogP contribution in [0.25, 0.3) is 11.0 Å². The van der Waals surface area contributed by atoms with Crippen molar-refractivity contribution in [1.29, 1.82) is 0 Å². The normalized spacial score (nSPS) is 16.5. The van der Waals surface area contributed by atoms with Gasteiger partial charge in [0, 0.05) is 34.2 Å². The second kappa shape index (κ2) is 9.45. The van der Waals surface area contributed by atoms with Crippen LogP contribution in [0.2, 0.25) is 0 Å². The van der Waals surface area contributed by atoms with Gasteiger partial charge in [0.05, 0.1) is 0 Å². The highest BCUT2D eigenvalue weighted by Crippen LogP contribution is 2.32. The van der Waals surface area contributed by atoms with Crippen LogP contribution in [0.5, 0.6) is 0 Å². The number of furan rings is 1. The number of benzene rings is 2. The average molecular weight is 421 g/mol. The molecule has 1 aliphatic heterocycles. The van der Waals surface area contributed by atoms with Gasteiger partial charge >= 0.3 is 0 Å². The van der Waals surface area contributed by atoms with Gasteiger partial charge in [0.15, 0.2) is 5.76 Å². The molecule has 0 saturated carbocycles. The maximum Gasteiger partial charge on any atom is 0.287 e. The third-order valence-corrected chi connectivity index (χ3v) is 5.77. The highest BCUT2D eigenvalue weighted by atomic mass is 35.5. The van der Waals surface area contributed by atoms with E-state index in [4.69, 9.17) is 4.42 Å². The van der Waals surface area contributed by atoms with Crippen molar-refractivity contribution in [2.45, 2.75) is 29.5 Å². The van der Waals surface area contributed by atoms with Gasteiger partial charge in [-0.1, -0.05) is 18.2 Å². The molecule has 1 aromatic heterocycles. The van der Waals surface area contributed by atoms with E-state index < -0.39 is 0 Å². The summed E-state index contributed by atoms with van der Waals surface area (Å²) in [5.74, 6) is 0.522. The van der Waals surface area contributed by atoms with Crippen molar-refractivity contribution in [3.05, 3.63) is 65.7 Å². The van der Waals surface area contributed by atoms with E-state index in [9.17, 15) is 9.18 Å². The van der Waals surface area contributed by atoms with Crippen molar-refractivity contribution in [2.24, 2.45) is 0 Å². The van der Waals surface area contributed by atoms with Gasteiger partial charge in [0.2, 0.25) is 0 Å². The number of nitrogens with one attached hydrogen (secondary N) is 2. The molecule has 0 bridgehead atoms. The third kappa shape index (κ3) is 4.69. The Morgan fingerprint density at radius 2 is 2.00 bits per heavy atom. The molecule has 2 aromatic carbocycles. The van der Waals surface area contributed by atoms with Gasteiger partial charge < -0.3 is 15.1 Å². The second-order valence-corrected chi connectivity index (χ2v) is 7.71. The summed E-state index contributed by atoms with van der Waals surface area (Å²) in [4.78, 5) is 13.8. The molecule has 1 amide bonds. The minimum Gasteiger partial charge on any atom is -0.451 e. The van der Waals surface area contributed by atoms with E-state index in [0.717, 1.165) is 41.8 Å². The fraction of sp³-hybridized carbons (Fsp3) is 0.286. The molecule has 2 heterocycles. The average Bonchev–Trinajstić information content (AvgIpc) is 3.07. The van der Waals surface area contributed by atoms with E-state index in [1.807, 2.05) is 24.3 Å². The Morgan fingerprint density at radius 1 is 1.21 bits per heavy atom. The molecule has 4 nitrogen and oxygen atoms in total. The fourth-order valence-corrected chi connectivity index (χ4v) is 4.26. The summed E-state index contributed by atoms with van der Waals surface area (Å²) in [6, 6.07) is 14.2. The first kappa shape index (κ1) is 20.7. The van der Waals surface area contributed by atoms with Crippen LogP contribution in [0.1, 0.15) is 29.0 Å². The predicted octanol–water partition coefficient (Wildman–Crippen LogP) is 4.77. The number of rotatable bonds is 5. The number of hydrogen-bond acceptors (Lipinski definition) is 4. The molecule has 28 heavy (non-hydrogen) atoms. The smallest absolute Gasteiger partial charge is 0.287 e. The Hall–Kier alpha value is -2.02. The molecule has 0 spiro atoms. The predicted molar refractivity (Wildman–Crippen MR) is 113 cm³/mol. The molecule has 1 fully saturated rings. The molecule has 2 N–H and O–H groups in total. The third-order valence-electron chi connectivity index (χ3n) is 4.73. The van der Waals surface area contributed by atoms with Crippen LogP contribution in [0.15, 0.2) is 57.8 Å². The number of fused-ring (bicyclic) bond motifs is 1. The molecule has 1 aliphatic rings. The summed E-state index contributed by atoms with van der Waals surface area (Å²) in [6.07, 6.45) is 2.02. The van der Waals surface area contributed by atoms with Crippen LogP contribution in [0, 0.1) is 5.82 Å². The molecule has 0 radical (unpaired) electrons. The van der Waals surface area contributed by atoms with Gasteiger partial charge in [0.1, 0.15) is 11.4 Å². The zero-order valence-corrected chi connectivity index (χ0v) is 16.9. The van der Waals surface area contributed by atoms with Gasteiger partial charge in [-0.3, -0.25) is 4.79 Å². The maximum absolute atomic E-state index is 13.1. The number of carbonyl (C=O) groups is 1. The lowest BCUT2D eigenvalue weighted by Gasteiger charge is -2.23. The monoisotopic (exact) mass is 420 g/mol. The minimum absolute atomic E-state index is 0. The molecule has 4 rings (SSSR count). The van der Waals surface area contributed by atoms with Gasteiger partial charge in [-0.15, -0.1) is 24.2 Å². The molecule has 3 aromatic rings. The summed E-state index contributed by atoms with van der Waals surface area (Å²) in [7, 11) is 0. The van der Waals surface area contributed by atoms with E-state index in [0.29, 0.717) is 17.1 Å². The highest BCUT2D eigenvalue weighted by Gasteiger charge is 2.23. The van der Waals surface area contributed by atoms with Crippen LogP contribution in [-0.2, 0) is 5.75 Å². The van der Waals surface area contributed by atoms with E-state index in [1.165, 1.54) is 12.1 Å². The standard InChI is InChI=1S/C21H21FN2O2S.ClH/c22-14-7-9-16(10-8-14)27-13-18-17-5-1-2-6-19(17)26-20(18)21(25)24-15-4-3-11-23-12-15;/h1-2,5-10,15,23H,3-4,11-13H2,(H,24,25);1H. The fourth-order valence-electron chi connectivity index (χ4n) is 3.34. The molecular formula is C21H22ClFN2O2S. The van der Waals surface area contributed by atoms with Crippen LogP contribution in [0.4, 0.5) is 4.39 Å². The molecule has 1 atom stereocenters. The highest BCUT2D eigenvalue weighted by molar-refractivity contribution is 7.98. The summed E-state index contributed by atoms with van der Waals surface area (Å²) in [5, 5.41) is 7.34. The first-order valence-electron chi connectivity index (χ1n) is 9.11. The lowest BCUT2D eigenvalue weighted by molar-refractivity contribution is 0.0904. The lowest BCUT2D eigenvalue weighted by atomic mass is 10.1. The topological polar surface area (TPSA) is 54.3 Å². The number of thioether (sulfide) groups is 1. The zero-order chi connectivity index (χ0) is 18.6. The Labute approximate surface area is 173 Å². The largest absolute Gasteiger partial charge is 0.451 e. The molecule has 1 unspecified atom stereocenters. The van der Waals surface area contributed by atoms with Gasteiger partial charge in [-0.25, -0.2) is 4.39 Å². The van der Waals surface area contributed by atoms with Crippen LogP contribution in [0.3, 0.4) is 0 Å². The number of carbonyl (C=O) groups excluding carboxylic acids is 1. The van der Waals surface area contributed by atoms with E-state index in [2.05, 4.69) is 10.6 Å². The summed E-state index contributed by atoms with van der Waals surface area (Å²) in [6.45, 7) is 1.78. The first-order chi connectivity index (χ1) is 13.2. The Morgan fingerprint density at radius 3 is 2.75 bits per heavy atom. The molecular weight excluding hydrogens is 399 g/mol. The Bertz CT molecular complexity index is 939. The van der Waals surface area contributed by atoms with Crippen molar-refractivity contribution < 1.29 is 13.6 Å². The molecule has 0 aliphatic carbocycles. The van der Waals surface area contributed by atoms with E-state index in [1.54, 1.807) is 23.9 Å².